The Hall–Kier alpha value is -3.67. The molecular weight excluding hydrogens is 470 g/mol. The second-order valence-electron chi connectivity index (χ2n) is 8.04. The first kappa shape index (κ1) is 20.9. The Bertz CT molecular complexity index is 1500. The Morgan fingerprint density at radius 2 is 2.06 bits per heavy atom. The van der Waals surface area contributed by atoms with Crippen LogP contribution in [-0.2, 0) is 34.0 Å². The third-order valence-electron chi connectivity index (χ3n) is 6.24. The number of fused-ring (bicyclic) bond motifs is 6. The van der Waals surface area contributed by atoms with E-state index in [1.54, 1.807) is 12.1 Å². The molecule has 11 nitrogen and oxygen atoms in total. The molecule has 0 spiro atoms. The quantitative estimate of drug-likeness (QED) is 0.353. The number of nitrogens with one attached hydrogen (secondary N) is 1. The zero-order valence-corrected chi connectivity index (χ0v) is 18.1. The molecule has 1 amide bonds. The number of rotatable bonds is 3. The van der Waals surface area contributed by atoms with Gasteiger partial charge in [0.05, 0.1) is 34.0 Å². The van der Waals surface area contributed by atoms with Gasteiger partial charge in [-0.05, 0) is 11.6 Å². The van der Waals surface area contributed by atoms with E-state index in [4.69, 9.17) is 35.9 Å². The minimum absolute atomic E-state index is 0.0000230. The van der Waals surface area contributed by atoms with Crippen LogP contribution in [0.5, 0.6) is 11.5 Å². The van der Waals surface area contributed by atoms with Gasteiger partial charge in [0.2, 0.25) is 12.7 Å². The molecular formula is C22H16ClN3O8. The van der Waals surface area contributed by atoms with Crippen molar-refractivity contribution in [3.05, 3.63) is 49.8 Å². The standard InChI is InChI=1S/C22H16ClN3O8/c23-17-16-9(3-24-15(28)5-27)10-4-26-13(1-8-11(21(26)30)6-32-22(31)19(8)29)18(10)25-12(16)2-14-20(17)34-7-33-14/h1-2,19,27,29H,3-7H2,(H,24,28). The number of hydrogen-bond acceptors (Lipinski definition) is 9. The average molecular weight is 486 g/mol. The summed E-state index contributed by atoms with van der Waals surface area (Å²) in [5.74, 6) is -0.646. The van der Waals surface area contributed by atoms with E-state index in [0.29, 0.717) is 44.9 Å². The predicted octanol–water partition coefficient (Wildman–Crippen LogP) is 0.506. The largest absolute Gasteiger partial charge is 0.458 e. The van der Waals surface area contributed by atoms with E-state index in [9.17, 15) is 19.5 Å². The molecule has 0 radical (unpaired) electrons. The van der Waals surface area contributed by atoms with Gasteiger partial charge in [-0.15, -0.1) is 0 Å². The van der Waals surface area contributed by atoms with Crippen LogP contribution in [0.3, 0.4) is 0 Å². The second-order valence-corrected chi connectivity index (χ2v) is 8.41. The fraction of sp³-hybridized carbons (Fsp3) is 0.273. The third-order valence-corrected chi connectivity index (χ3v) is 6.61. The van der Waals surface area contributed by atoms with E-state index < -0.39 is 30.1 Å². The number of esters is 1. The molecule has 6 rings (SSSR count). The Balaban J connectivity index is 1.62. The van der Waals surface area contributed by atoms with E-state index >= 15 is 0 Å². The van der Waals surface area contributed by atoms with Gasteiger partial charge in [0.1, 0.15) is 13.2 Å². The number of nitrogens with zero attached hydrogens (tertiary/aromatic N) is 2. The number of halogens is 1. The van der Waals surface area contributed by atoms with Crippen LogP contribution in [0.25, 0.3) is 22.3 Å². The summed E-state index contributed by atoms with van der Waals surface area (Å²) in [5.41, 5.74) is 2.50. The van der Waals surface area contributed by atoms with Gasteiger partial charge in [-0.1, -0.05) is 11.6 Å². The molecule has 12 heteroatoms. The number of hydrogen-bond donors (Lipinski definition) is 3. The molecule has 0 bridgehead atoms. The number of aliphatic hydroxyl groups is 2. The molecule has 0 saturated carbocycles. The fourth-order valence-electron chi connectivity index (χ4n) is 4.62. The molecule has 2 aromatic heterocycles. The highest BCUT2D eigenvalue weighted by molar-refractivity contribution is 6.37. The van der Waals surface area contributed by atoms with E-state index in [0.717, 1.165) is 0 Å². The third kappa shape index (κ3) is 2.84. The lowest BCUT2D eigenvalue weighted by molar-refractivity contribution is -0.157. The smallest absolute Gasteiger partial charge is 0.340 e. The number of ether oxygens (including phenoxy) is 3. The van der Waals surface area contributed by atoms with Crippen LogP contribution in [0.2, 0.25) is 5.02 Å². The van der Waals surface area contributed by atoms with Crippen molar-refractivity contribution < 1.29 is 34.0 Å². The first-order chi connectivity index (χ1) is 16.4. The monoisotopic (exact) mass is 485 g/mol. The number of amides is 1. The van der Waals surface area contributed by atoms with Gasteiger partial charge < -0.3 is 34.3 Å². The van der Waals surface area contributed by atoms with Crippen molar-refractivity contribution in [3.8, 4) is 22.9 Å². The van der Waals surface area contributed by atoms with Gasteiger partial charge in [-0.2, -0.15) is 0 Å². The van der Waals surface area contributed by atoms with Crippen LogP contribution in [-0.4, -0.2) is 45.0 Å². The maximum atomic E-state index is 13.2. The van der Waals surface area contributed by atoms with Gasteiger partial charge in [-0.3, -0.25) is 9.59 Å². The molecule has 1 unspecified atom stereocenters. The number of pyridine rings is 2. The molecule has 3 aliphatic rings. The normalized spacial score (nSPS) is 17.3. The zero-order valence-electron chi connectivity index (χ0n) is 17.4. The molecule has 3 aromatic rings. The van der Waals surface area contributed by atoms with Crippen molar-refractivity contribution in [2.24, 2.45) is 0 Å². The van der Waals surface area contributed by atoms with Crippen molar-refractivity contribution >= 4 is 34.4 Å². The number of aliphatic hydroxyl groups excluding tert-OH is 2. The molecule has 1 aromatic carbocycles. The highest BCUT2D eigenvalue weighted by Gasteiger charge is 2.35. The Morgan fingerprint density at radius 1 is 1.24 bits per heavy atom. The van der Waals surface area contributed by atoms with Crippen LogP contribution in [0.1, 0.15) is 28.4 Å². The van der Waals surface area contributed by atoms with Crippen molar-refractivity contribution in [1.82, 2.24) is 14.9 Å². The summed E-state index contributed by atoms with van der Waals surface area (Å²) in [7, 11) is 0. The Labute approximate surface area is 195 Å². The summed E-state index contributed by atoms with van der Waals surface area (Å²) in [5, 5.41) is 22.9. The topological polar surface area (TPSA) is 149 Å². The highest BCUT2D eigenvalue weighted by Crippen LogP contribution is 2.47. The lowest BCUT2D eigenvalue weighted by atomic mass is 9.98. The Kier molecular flexibility index (Phi) is 4.56. The lowest BCUT2D eigenvalue weighted by Crippen LogP contribution is -2.32. The SMILES string of the molecule is O=C(CO)NCc1c2c(nc3cc4c(c(Cl)c13)OCO4)-c1cc3c(c(=O)n1C2)COC(=O)C3O. The van der Waals surface area contributed by atoms with Crippen LogP contribution in [0.4, 0.5) is 0 Å². The molecule has 5 heterocycles. The minimum Gasteiger partial charge on any atom is -0.458 e. The molecule has 34 heavy (non-hydrogen) atoms. The summed E-state index contributed by atoms with van der Waals surface area (Å²) in [6.07, 6.45) is -1.57. The molecule has 3 N–H and O–H groups in total. The summed E-state index contributed by atoms with van der Waals surface area (Å²) in [4.78, 5) is 41.7. The van der Waals surface area contributed by atoms with E-state index in [2.05, 4.69) is 5.32 Å². The Morgan fingerprint density at radius 3 is 2.85 bits per heavy atom. The fourth-order valence-corrected chi connectivity index (χ4v) is 4.98. The van der Waals surface area contributed by atoms with Crippen molar-refractivity contribution in [2.45, 2.75) is 25.8 Å². The molecule has 174 valence electrons. The molecule has 0 aliphatic carbocycles. The van der Waals surface area contributed by atoms with Crippen LogP contribution < -0.4 is 20.3 Å². The first-order valence-electron chi connectivity index (χ1n) is 10.3. The second kappa shape index (κ2) is 7.42. The van der Waals surface area contributed by atoms with Crippen LogP contribution in [0, 0.1) is 0 Å². The van der Waals surface area contributed by atoms with Gasteiger partial charge in [0, 0.05) is 29.1 Å². The predicted molar refractivity (Wildman–Crippen MR) is 115 cm³/mol. The molecule has 3 aliphatic heterocycles. The number of aromatic nitrogens is 2. The molecule has 0 fully saturated rings. The van der Waals surface area contributed by atoms with Gasteiger partial charge in [0.25, 0.3) is 5.56 Å². The lowest BCUT2D eigenvalue weighted by Gasteiger charge is -2.21. The number of cyclic esters (lactones) is 1. The van der Waals surface area contributed by atoms with E-state index in [1.165, 1.54) is 4.57 Å². The summed E-state index contributed by atoms with van der Waals surface area (Å²) in [6, 6.07) is 3.23. The van der Waals surface area contributed by atoms with E-state index in [1.807, 2.05) is 0 Å². The molecule has 0 saturated heterocycles. The van der Waals surface area contributed by atoms with Gasteiger partial charge in [0.15, 0.2) is 17.6 Å². The zero-order chi connectivity index (χ0) is 23.7. The van der Waals surface area contributed by atoms with Crippen LogP contribution in [0.15, 0.2) is 16.9 Å². The maximum absolute atomic E-state index is 13.2. The highest BCUT2D eigenvalue weighted by atomic mass is 35.5. The summed E-state index contributed by atoms with van der Waals surface area (Å²) < 4.78 is 17.4. The number of carbonyl (C=O) groups excluding carboxylic acids is 2. The number of benzene rings is 1. The summed E-state index contributed by atoms with van der Waals surface area (Å²) >= 11 is 6.66. The molecule has 1 atom stereocenters. The van der Waals surface area contributed by atoms with E-state index in [-0.39, 0.29) is 42.6 Å². The first-order valence-corrected chi connectivity index (χ1v) is 10.7. The minimum atomic E-state index is -1.57. The van der Waals surface area contributed by atoms with Crippen molar-refractivity contribution in [2.75, 3.05) is 13.4 Å². The van der Waals surface area contributed by atoms with Gasteiger partial charge >= 0.3 is 5.97 Å². The average Bonchev–Trinajstić information content (AvgIpc) is 3.45. The van der Waals surface area contributed by atoms with Crippen molar-refractivity contribution in [1.29, 1.82) is 0 Å². The summed E-state index contributed by atoms with van der Waals surface area (Å²) in [6.45, 7) is -0.794. The van der Waals surface area contributed by atoms with Crippen LogP contribution >= 0.6 is 11.6 Å². The van der Waals surface area contributed by atoms with Gasteiger partial charge in [-0.25, -0.2) is 9.78 Å². The number of carbonyl (C=O) groups is 2. The maximum Gasteiger partial charge on any atom is 0.340 e. The van der Waals surface area contributed by atoms with Crippen molar-refractivity contribution in [3.63, 3.8) is 0 Å².